The van der Waals surface area contributed by atoms with E-state index in [1.807, 2.05) is 0 Å². The number of carbonyl (C=O) groups excluding carboxylic acids is 1. The summed E-state index contributed by atoms with van der Waals surface area (Å²) < 4.78 is 0. The molecule has 1 aromatic rings. The van der Waals surface area contributed by atoms with Gasteiger partial charge < -0.3 is 16.8 Å². The predicted octanol–water partition coefficient (Wildman–Crippen LogP) is 0.689. The van der Waals surface area contributed by atoms with Crippen molar-refractivity contribution in [2.75, 3.05) is 24.1 Å². The van der Waals surface area contributed by atoms with Gasteiger partial charge in [0, 0.05) is 19.0 Å². The monoisotopic (exact) mass is 226 g/mol. The smallest absolute Gasteiger partial charge is 0.185 e. The van der Waals surface area contributed by atoms with E-state index < -0.39 is 0 Å². The maximum atomic E-state index is 11.8. The lowest BCUT2D eigenvalue weighted by Crippen LogP contribution is -2.12. The largest absolute Gasteiger partial charge is 0.382 e. The molecule has 0 amide bonds. The fourth-order valence-corrected chi connectivity index (χ4v) is 2.22. The molecule has 1 aliphatic carbocycles. The molecule has 0 unspecified atom stereocenters. The van der Waals surface area contributed by atoms with Crippen molar-refractivity contribution in [2.45, 2.75) is 12.8 Å². The zero-order chi connectivity index (χ0) is 10.8. The van der Waals surface area contributed by atoms with Crippen LogP contribution in [0.1, 0.15) is 22.5 Å². The van der Waals surface area contributed by atoms with Crippen LogP contribution in [-0.2, 0) is 0 Å². The highest BCUT2D eigenvalue weighted by Gasteiger charge is 2.33. The van der Waals surface area contributed by atoms with Crippen molar-refractivity contribution in [1.29, 1.82) is 0 Å². The second kappa shape index (κ2) is 4.16. The molecule has 0 aliphatic heterocycles. The molecule has 1 saturated carbocycles. The fraction of sp³-hybridized carbons (Fsp3) is 0.556. The first-order valence-corrected chi connectivity index (χ1v) is 5.78. The molecule has 0 saturated heterocycles. The number of aromatic nitrogens is 1. The minimum atomic E-state index is 0.144. The van der Waals surface area contributed by atoms with Gasteiger partial charge in [-0.25, -0.2) is 4.98 Å². The number of rotatable bonds is 5. The molecule has 0 aromatic carbocycles. The van der Waals surface area contributed by atoms with E-state index in [4.69, 9.17) is 11.5 Å². The summed E-state index contributed by atoms with van der Waals surface area (Å²) in [4.78, 5) is 16.4. The van der Waals surface area contributed by atoms with Crippen molar-refractivity contribution >= 4 is 28.1 Å². The maximum Gasteiger partial charge on any atom is 0.185 e. The number of nitrogens with one attached hydrogen (secondary N) is 1. The Kier molecular flexibility index (Phi) is 2.88. The zero-order valence-electron chi connectivity index (χ0n) is 8.32. The van der Waals surface area contributed by atoms with E-state index in [2.05, 4.69) is 10.3 Å². The van der Waals surface area contributed by atoms with Gasteiger partial charge in [0.15, 0.2) is 10.9 Å². The van der Waals surface area contributed by atoms with Crippen LogP contribution in [0.5, 0.6) is 0 Å². The zero-order valence-corrected chi connectivity index (χ0v) is 9.14. The van der Waals surface area contributed by atoms with Crippen LogP contribution in [0.25, 0.3) is 0 Å². The Bertz CT molecular complexity index is 372. The summed E-state index contributed by atoms with van der Waals surface area (Å²) in [6, 6.07) is 0. The number of nitrogens with zero attached hydrogens (tertiary/aromatic N) is 1. The summed E-state index contributed by atoms with van der Waals surface area (Å²) in [5.74, 6) is 0.678. The second-order valence-corrected chi connectivity index (χ2v) is 4.59. The molecule has 1 heterocycles. The van der Waals surface area contributed by atoms with Gasteiger partial charge in [0.2, 0.25) is 0 Å². The molecule has 1 aliphatic rings. The summed E-state index contributed by atoms with van der Waals surface area (Å²) >= 11 is 1.32. The van der Waals surface area contributed by atoms with Gasteiger partial charge in [-0.2, -0.15) is 0 Å². The molecule has 0 atom stereocenters. The summed E-state index contributed by atoms with van der Waals surface area (Å²) in [5, 5.41) is 3.70. The average molecular weight is 226 g/mol. The number of carbonyl (C=O) groups is 1. The Morgan fingerprint density at radius 1 is 1.60 bits per heavy atom. The van der Waals surface area contributed by atoms with E-state index in [0.717, 1.165) is 12.8 Å². The lowest BCUT2D eigenvalue weighted by Gasteiger charge is -1.96. The Balaban J connectivity index is 2.10. The molecule has 0 bridgehead atoms. The van der Waals surface area contributed by atoms with Crippen molar-refractivity contribution in [2.24, 2.45) is 11.7 Å². The number of nitrogens with two attached hydrogens (primary N) is 2. The van der Waals surface area contributed by atoms with E-state index in [1.165, 1.54) is 11.3 Å². The Hall–Kier alpha value is -1.14. The Labute approximate surface area is 91.9 Å². The van der Waals surface area contributed by atoms with Gasteiger partial charge in [-0.15, -0.1) is 0 Å². The molecule has 5 nitrogen and oxygen atoms in total. The molecule has 0 spiro atoms. The Morgan fingerprint density at radius 2 is 2.33 bits per heavy atom. The number of nitrogen functional groups attached to an aromatic ring is 1. The highest BCUT2D eigenvalue weighted by molar-refractivity contribution is 7.18. The van der Waals surface area contributed by atoms with Crippen molar-refractivity contribution in [3.63, 3.8) is 0 Å². The van der Waals surface area contributed by atoms with Crippen LogP contribution in [-0.4, -0.2) is 23.9 Å². The van der Waals surface area contributed by atoms with Crippen molar-refractivity contribution in [1.82, 2.24) is 4.98 Å². The van der Waals surface area contributed by atoms with Crippen LogP contribution >= 0.6 is 11.3 Å². The van der Waals surface area contributed by atoms with E-state index >= 15 is 0 Å². The quantitative estimate of drug-likeness (QED) is 0.642. The minimum absolute atomic E-state index is 0.144. The third-order valence-electron chi connectivity index (χ3n) is 2.25. The number of anilines is 2. The van der Waals surface area contributed by atoms with Crippen LogP contribution in [0, 0.1) is 5.92 Å². The van der Waals surface area contributed by atoms with Crippen molar-refractivity contribution in [3.8, 4) is 0 Å². The number of Topliss-reactive ketones (excluding diaryl/α,β-unsaturated/α-hetero) is 1. The third-order valence-corrected chi connectivity index (χ3v) is 3.29. The third kappa shape index (κ3) is 2.27. The van der Waals surface area contributed by atoms with E-state index in [9.17, 15) is 4.79 Å². The van der Waals surface area contributed by atoms with E-state index in [-0.39, 0.29) is 11.7 Å². The minimum Gasteiger partial charge on any atom is -0.382 e. The molecule has 5 N–H and O–H groups in total. The topological polar surface area (TPSA) is 94.0 Å². The number of thiazole rings is 1. The molecule has 15 heavy (non-hydrogen) atoms. The molecule has 2 rings (SSSR count). The first-order valence-electron chi connectivity index (χ1n) is 4.97. The standard InChI is InChI=1S/C9H14N4OS/c10-3-4-12-9-13-8(11)7(15-9)6(14)5-1-2-5/h5H,1-4,10-11H2,(H,12,13). The van der Waals surface area contributed by atoms with Crippen LogP contribution in [0.4, 0.5) is 10.9 Å². The van der Waals surface area contributed by atoms with Crippen molar-refractivity contribution in [3.05, 3.63) is 4.88 Å². The summed E-state index contributed by atoms with van der Waals surface area (Å²) in [6.07, 6.45) is 1.98. The van der Waals surface area contributed by atoms with Gasteiger partial charge in [-0.1, -0.05) is 11.3 Å². The predicted molar refractivity (Wildman–Crippen MR) is 61.1 cm³/mol. The molecule has 6 heteroatoms. The van der Waals surface area contributed by atoms with Crippen molar-refractivity contribution < 1.29 is 4.79 Å². The first-order chi connectivity index (χ1) is 7.22. The average Bonchev–Trinajstić information content (AvgIpc) is 2.99. The highest BCUT2D eigenvalue weighted by Crippen LogP contribution is 2.37. The van der Waals surface area contributed by atoms with Gasteiger partial charge >= 0.3 is 0 Å². The lowest BCUT2D eigenvalue weighted by atomic mass is 10.2. The molecule has 82 valence electrons. The van der Waals surface area contributed by atoms with Gasteiger partial charge in [0.05, 0.1) is 0 Å². The Morgan fingerprint density at radius 3 is 2.93 bits per heavy atom. The SMILES string of the molecule is NCCNc1nc(N)c(C(=O)C2CC2)s1. The van der Waals surface area contributed by atoms with Crippen LogP contribution in [0.15, 0.2) is 0 Å². The van der Waals surface area contributed by atoms with Crippen LogP contribution < -0.4 is 16.8 Å². The molecule has 1 aromatic heterocycles. The molecular weight excluding hydrogens is 212 g/mol. The van der Waals surface area contributed by atoms with Gasteiger partial charge in [-0.05, 0) is 12.8 Å². The fourth-order valence-electron chi connectivity index (χ4n) is 1.29. The number of hydrogen-bond acceptors (Lipinski definition) is 6. The lowest BCUT2D eigenvalue weighted by molar-refractivity contribution is 0.0972. The van der Waals surface area contributed by atoms with E-state index in [0.29, 0.717) is 28.9 Å². The van der Waals surface area contributed by atoms with E-state index in [1.54, 1.807) is 0 Å². The maximum absolute atomic E-state index is 11.8. The molecular formula is C9H14N4OS. The van der Waals surface area contributed by atoms with Gasteiger partial charge in [0.25, 0.3) is 0 Å². The van der Waals surface area contributed by atoms with Gasteiger partial charge in [-0.3, -0.25) is 4.79 Å². The van der Waals surface area contributed by atoms with Gasteiger partial charge in [0.1, 0.15) is 10.7 Å². The molecule has 1 fully saturated rings. The summed E-state index contributed by atoms with van der Waals surface area (Å²) in [6.45, 7) is 1.18. The normalized spacial score (nSPS) is 15.3. The number of ketones is 1. The van der Waals surface area contributed by atoms with Crippen LogP contribution in [0.3, 0.4) is 0 Å². The first kappa shape index (κ1) is 10.4. The highest BCUT2D eigenvalue weighted by atomic mass is 32.1. The molecule has 0 radical (unpaired) electrons. The second-order valence-electron chi connectivity index (χ2n) is 3.59. The van der Waals surface area contributed by atoms with Crippen LogP contribution in [0.2, 0.25) is 0 Å². The summed E-state index contributed by atoms with van der Waals surface area (Å²) in [7, 11) is 0. The summed E-state index contributed by atoms with van der Waals surface area (Å²) in [5.41, 5.74) is 11.0. The number of hydrogen-bond donors (Lipinski definition) is 3.